The van der Waals surface area contributed by atoms with E-state index in [0.717, 1.165) is 24.9 Å². The number of benzene rings is 1. The second kappa shape index (κ2) is 5.01. The van der Waals surface area contributed by atoms with Gasteiger partial charge >= 0.3 is 0 Å². The molecule has 0 aliphatic heterocycles. The average molecular weight is 272 g/mol. The van der Waals surface area contributed by atoms with Gasteiger partial charge in [-0.15, -0.1) is 5.10 Å². The molecular weight excluding hydrogens is 256 g/mol. The predicted molar refractivity (Wildman–Crippen MR) is 73.2 cm³/mol. The lowest BCUT2D eigenvalue weighted by atomic mass is 9.75. The molecule has 1 saturated carbocycles. The fourth-order valence-corrected chi connectivity index (χ4v) is 2.37. The van der Waals surface area contributed by atoms with Crippen LogP contribution in [0.5, 0.6) is 0 Å². The first-order valence-electron chi connectivity index (χ1n) is 6.57. The SMILES string of the molecule is NC1(CC(=O)Nc2ccccc2-n2cnnn2)CCC1. The first kappa shape index (κ1) is 12.7. The third-order valence-corrected chi connectivity index (χ3v) is 3.64. The molecule has 1 aromatic carbocycles. The van der Waals surface area contributed by atoms with E-state index in [-0.39, 0.29) is 11.4 Å². The monoisotopic (exact) mass is 272 g/mol. The van der Waals surface area contributed by atoms with E-state index in [1.165, 1.54) is 11.0 Å². The molecule has 0 radical (unpaired) electrons. The summed E-state index contributed by atoms with van der Waals surface area (Å²) in [6.45, 7) is 0. The number of nitrogens with one attached hydrogen (secondary N) is 1. The zero-order chi connectivity index (χ0) is 14.0. The summed E-state index contributed by atoms with van der Waals surface area (Å²) >= 11 is 0. The third kappa shape index (κ3) is 2.53. The molecule has 1 aliphatic carbocycles. The van der Waals surface area contributed by atoms with E-state index < -0.39 is 0 Å². The van der Waals surface area contributed by atoms with Crippen molar-refractivity contribution in [2.24, 2.45) is 5.73 Å². The normalized spacial score (nSPS) is 16.4. The standard InChI is InChI=1S/C13H16N6O/c14-13(6-3-7-13)8-12(20)16-10-4-1-2-5-11(10)19-9-15-17-18-19/h1-2,4-5,9H,3,6-8,14H2,(H,16,20). The summed E-state index contributed by atoms with van der Waals surface area (Å²) in [5.74, 6) is -0.0762. The van der Waals surface area contributed by atoms with Gasteiger partial charge in [-0.1, -0.05) is 12.1 Å². The smallest absolute Gasteiger partial charge is 0.226 e. The molecule has 1 heterocycles. The van der Waals surface area contributed by atoms with Gasteiger partial charge in [0, 0.05) is 12.0 Å². The minimum Gasteiger partial charge on any atom is -0.325 e. The van der Waals surface area contributed by atoms with Crippen LogP contribution >= 0.6 is 0 Å². The molecule has 1 amide bonds. The van der Waals surface area contributed by atoms with Crippen LogP contribution in [0.25, 0.3) is 5.69 Å². The van der Waals surface area contributed by atoms with Crippen LogP contribution in [0.15, 0.2) is 30.6 Å². The number of nitrogens with zero attached hydrogens (tertiary/aromatic N) is 4. The molecule has 3 rings (SSSR count). The zero-order valence-corrected chi connectivity index (χ0v) is 11.0. The summed E-state index contributed by atoms with van der Waals surface area (Å²) in [6.07, 6.45) is 4.76. The van der Waals surface area contributed by atoms with Crippen LogP contribution in [-0.2, 0) is 4.79 Å². The largest absolute Gasteiger partial charge is 0.325 e. The molecule has 1 fully saturated rings. The Balaban J connectivity index is 1.76. The lowest BCUT2D eigenvalue weighted by Crippen LogP contribution is -2.48. The summed E-state index contributed by atoms with van der Waals surface area (Å²) in [4.78, 5) is 12.1. The Kier molecular flexibility index (Phi) is 3.19. The Hall–Kier alpha value is -2.28. The molecule has 0 bridgehead atoms. The minimum absolute atomic E-state index is 0.0762. The molecule has 2 aromatic rings. The van der Waals surface area contributed by atoms with Crippen LogP contribution in [0.2, 0.25) is 0 Å². The molecule has 0 spiro atoms. The molecule has 7 heteroatoms. The fraction of sp³-hybridized carbons (Fsp3) is 0.385. The Morgan fingerprint density at radius 1 is 1.40 bits per heavy atom. The van der Waals surface area contributed by atoms with E-state index in [4.69, 9.17) is 5.73 Å². The van der Waals surface area contributed by atoms with Gasteiger partial charge in [-0.05, 0) is 41.8 Å². The highest BCUT2D eigenvalue weighted by molar-refractivity contribution is 5.93. The number of carbonyl (C=O) groups is 1. The number of aromatic nitrogens is 4. The molecule has 0 saturated heterocycles. The fourth-order valence-electron chi connectivity index (χ4n) is 2.37. The third-order valence-electron chi connectivity index (χ3n) is 3.64. The highest BCUT2D eigenvalue weighted by Gasteiger charge is 2.34. The second-order valence-corrected chi connectivity index (χ2v) is 5.21. The number of amides is 1. The number of hydrogen-bond donors (Lipinski definition) is 2. The van der Waals surface area contributed by atoms with Crippen LogP contribution < -0.4 is 11.1 Å². The van der Waals surface area contributed by atoms with Gasteiger partial charge in [-0.2, -0.15) is 4.68 Å². The summed E-state index contributed by atoms with van der Waals surface area (Å²) < 4.78 is 1.51. The predicted octanol–water partition coefficient (Wildman–Crippen LogP) is 0.872. The van der Waals surface area contributed by atoms with Crippen molar-refractivity contribution in [3.05, 3.63) is 30.6 Å². The van der Waals surface area contributed by atoms with Crippen molar-refractivity contribution >= 4 is 11.6 Å². The second-order valence-electron chi connectivity index (χ2n) is 5.21. The molecule has 1 aromatic heterocycles. The van der Waals surface area contributed by atoms with Gasteiger partial charge < -0.3 is 11.1 Å². The minimum atomic E-state index is -0.326. The average Bonchev–Trinajstić information content (AvgIpc) is 2.91. The molecule has 3 N–H and O–H groups in total. The van der Waals surface area contributed by atoms with Crippen molar-refractivity contribution in [1.82, 2.24) is 20.2 Å². The highest BCUT2D eigenvalue weighted by atomic mass is 16.1. The van der Waals surface area contributed by atoms with Crippen LogP contribution in [0, 0.1) is 0 Å². The van der Waals surface area contributed by atoms with Gasteiger partial charge in [-0.25, -0.2) is 0 Å². The molecule has 0 atom stereocenters. The first-order valence-corrected chi connectivity index (χ1v) is 6.57. The van der Waals surface area contributed by atoms with Crippen molar-refractivity contribution < 1.29 is 4.79 Å². The van der Waals surface area contributed by atoms with Crippen LogP contribution in [-0.4, -0.2) is 31.7 Å². The topological polar surface area (TPSA) is 98.7 Å². The van der Waals surface area contributed by atoms with Gasteiger partial charge in [0.25, 0.3) is 0 Å². The van der Waals surface area contributed by atoms with E-state index >= 15 is 0 Å². The summed E-state index contributed by atoms with van der Waals surface area (Å²) in [5, 5.41) is 13.9. The van der Waals surface area contributed by atoms with Crippen molar-refractivity contribution in [2.45, 2.75) is 31.2 Å². The maximum atomic E-state index is 12.1. The van der Waals surface area contributed by atoms with E-state index in [1.54, 1.807) is 0 Å². The van der Waals surface area contributed by atoms with Crippen molar-refractivity contribution in [3.8, 4) is 5.69 Å². The maximum absolute atomic E-state index is 12.1. The van der Waals surface area contributed by atoms with E-state index in [0.29, 0.717) is 12.1 Å². The van der Waals surface area contributed by atoms with E-state index in [2.05, 4.69) is 20.8 Å². The number of tetrazole rings is 1. The number of carbonyl (C=O) groups excluding carboxylic acids is 1. The van der Waals surface area contributed by atoms with Crippen LogP contribution in [0.1, 0.15) is 25.7 Å². The highest BCUT2D eigenvalue weighted by Crippen LogP contribution is 2.32. The Morgan fingerprint density at radius 3 is 2.85 bits per heavy atom. The molecule has 104 valence electrons. The Bertz CT molecular complexity index is 605. The molecule has 7 nitrogen and oxygen atoms in total. The number of para-hydroxylation sites is 2. The number of anilines is 1. The van der Waals surface area contributed by atoms with Gasteiger partial charge in [0.2, 0.25) is 5.91 Å². The zero-order valence-electron chi connectivity index (χ0n) is 11.0. The molecular formula is C13H16N6O. The van der Waals surface area contributed by atoms with Gasteiger partial charge in [-0.3, -0.25) is 4.79 Å². The first-order chi connectivity index (χ1) is 9.66. The summed E-state index contributed by atoms with van der Waals surface area (Å²) in [6, 6.07) is 7.38. The molecule has 1 aliphatic rings. The van der Waals surface area contributed by atoms with Gasteiger partial charge in [0.1, 0.15) is 6.33 Å². The van der Waals surface area contributed by atoms with Crippen molar-refractivity contribution in [2.75, 3.05) is 5.32 Å². The Morgan fingerprint density at radius 2 is 2.20 bits per heavy atom. The van der Waals surface area contributed by atoms with Crippen LogP contribution in [0.4, 0.5) is 5.69 Å². The van der Waals surface area contributed by atoms with Gasteiger partial charge in [0.15, 0.2) is 0 Å². The van der Waals surface area contributed by atoms with Gasteiger partial charge in [0.05, 0.1) is 11.4 Å². The lowest BCUT2D eigenvalue weighted by molar-refractivity contribution is -0.118. The number of nitrogens with two attached hydrogens (primary N) is 1. The Labute approximate surface area is 116 Å². The number of hydrogen-bond acceptors (Lipinski definition) is 5. The van der Waals surface area contributed by atoms with Crippen molar-refractivity contribution in [3.63, 3.8) is 0 Å². The summed E-state index contributed by atoms with van der Waals surface area (Å²) in [5.41, 5.74) is 7.17. The van der Waals surface area contributed by atoms with Crippen LogP contribution in [0.3, 0.4) is 0 Å². The van der Waals surface area contributed by atoms with Crippen molar-refractivity contribution in [1.29, 1.82) is 0 Å². The molecule has 20 heavy (non-hydrogen) atoms. The van der Waals surface area contributed by atoms with E-state index in [9.17, 15) is 4.79 Å². The van der Waals surface area contributed by atoms with E-state index in [1.807, 2.05) is 24.3 Å². The quantitative estimate of drug-likeness (QED) is 0.860. The lowest BCUT2D eigenvalue weighted by Gasteiger charge is -2.37. The summed E-state index contributed by atoms with van der Waals surface area (Å²) in [7, 11) is 0. The molecule has 0 unspecified atom stereocenters. The maximum Gasteiger partial charge on any atom is 0.226 e. The number of rotatable bonds is 4.